The van der Waals surface area contributed by atoms with Crippen LogP contribution in [0.2, 0.25) is 0 Å². The van der Waals surface area contributed by atoms with E-state index in [1.54, 1.807) is 0 Å². The van der Waals surface area contributed by atoms with Crippen LogP contribution in [0.5, 0.6) is 0 Å². The molecule has 4 nitrogen and oxygen atoms in total. The molecule has 104 valence electrons. The topological polar surface area (TPSA) is 39.1 Å². The number of rotatable bonds is 8. The average Bonchev–Trinajstić information content (AvgIpc) is 2.76. The van der Waals surface area contributed by atoms with Gasteiger partial charge in [0.25, 0.3) is 0 Å². The molecule has 0 unspecified atom stereocenters. The van der Waals surface area contributed by atoms with E-state index in [-0.39, 0.29) is 5.54 Å². The average molecular weight is 253 g/mol. The summed E-state index contributed by atoms with van der Waals surface area (Å²) in [5.74, 6) is 0. The minimum absolute atomic E-state index is 0.0571. The summed E-state index contributed by atoms with van der Waals surface area (Å²) in [4.78, 5) is 0. The Balaban J connectivity index is 2.14. The number of nitrogens with zero attached hydrogens (tertiary/aromatic N) is 2. The number of ether oxygens (including phenoxy) is 1. The molecule has 4 heteroatoms. The van der Waals surface area contributed by atoms with Crippen molar-refractivity contribution in [2.45, 2.75) is 52.6 Å². The summed E-state index contributed by atoms with van der Waals surface area (Å²) >= 11 is 0. The van der Waals surface area contributed by atoms with Crippen molar-refractivity contribution in [3.63, 3.8) is 0 Å². The van der Waals surface area contributed by atoms with Gasteiger partial charge in [-0.15, -0.1) is 0 Å². The molecule has 0 aliphatic heterocycles. The molecule has 0 atom stereocenters. The maximum Gasteiger partial charge on any atom is 0.0591 e. The highest BCUT2D eigenvalue weighted by Gasteiger charge is 2.13. The van der Waals surface area contributed by atoms with Crippen molar-refractivity contribution in [3.05, 3.63) is 18.0 Å². The fraction of sp³-hybridized carbons (Fsp3) is 0.786. The van der Waals surface area contributed by atoms with Crippen molar-refractivity contribution >= 4 is 0 Å². The van der Waals surface area contributed by atoms with Gasteiger partial charge in [0.05, 0.1) is 18.3 Å². The first-order valence-electron chi connectivity index (χ1n) is 6.86. The second kappa shape index (κ2) is 7.54. The zero-order chi connectivity index (χ0) is 13.4. The predicted molar refractivity (Wildman–Crippen MR) is 74.7 cm³/mol. The summed E-state index contributed by atoms with van der Waals surface area (Å²) in [5, 5.41) is 7.74. The summed E-state index contributed by atoms with van der Waals surface area (Å²) in [6.45, 7) is 12.0. The van der Waals surface area contributed by atoms with E-state index in [1.807, 2.05) is 10.9 Å². The van der Waals surface area contributed by atoms with Crippen LogP contribution >= 0.6 is 0 Å². The Morgan fingerprint density at radius 1 is 1.33 bits per heavy atom. The van der Waals surface area contributed by atoms with Gasteiger partial charge in [-0.25, -0.2) is 0 Å². The van der Waals surface area contributed by atoms with Crippen LogP contribution in [0, 0.1) is 0 Å². The molecule has 1 aromatic rings. The van der Waals surface area contributed by atoms with E-state index in [9.17, 15) is 0 Å². The van der Waals surface area contributed by atoms with E-state index in [1.165, 1.54) is 12.0 Å². The van der Waals surface area contributed by atoms with Gasteiger partial charge in [-0.1, -0.05) is 13.3 Å². The lowest BCUT2D eigenvalue weighted by Gasteiger charge is -2.18. The molecule has 0 spiro atoms. The molecule has 1 rings (SSSR count). The number of unbranched alkanes of at least 4 members (excludes halogenated alkanes) is 1. The van der Waals surface area contributed by atoms with Crippen molar-refractivity contribution < 1.29 is 4.74 Å². The highest BCUT2D eigenvalue weighted by atomic mass is 16.5. The van der Waals surface area contributed by atoms with Gasteiger partial charge in [-0.3, -0.25) is 4.68 Å². The lowest BCUT2D eigenvalue weighted by molar-refractivity contribution is 0.133. The molecule has 0 fully saturated rings. The van der Waals surface area contributed by atoms with Crippen LogP contribution in [0.15, 0.2) is 12.4 Å². The third-order valence-corrected chi connectivity index (χ3v) is 2.72. The summed E-state index contributed by atoms with van der Waals surface area (Å²) in [6.07, 6.45) is 6.37. The van der Waals surface area contributed by atoms with Gasteiger partial charge in [0, 0.05) is 31.5 Å². The van der Waals surface area contributed by atoms with Crippen molar-refractivity contribution in [2.24, 2.45) is 0 Å². The SMILES string of the molecule is CCCCOCCNCc1cnn(C(C)(C)C)c1. The van der Waals surface area contributed by atoms with E-state index in [0.717, 1.165) is 32.7 Å². The van der Waals surface area contributed by atoms with Crippen molar-refractivity contribution in [1.82, 2.24) is 15.1 Å². The zero-order valence-electron chi connectivity index (χ0n) is 12.2. The van der Waals surface area contributed by atoms with Crippen LogP contribution in [-0.4, -0.2) is 29.5 Å². The Bertz CT molecular complexity index is 328. The Morgan fingerprint density at radius 2 is 2.11 bits per heavy atom. The molecule has 0 saturated carbocycles. The smallest absolute Gasteiger partial charge is 0.0591 e. The van der Waals surface area contributed by atoms with Crippen LogP contribution in [0.3, 0.4) is 0 Å². The second-order valence-electron chi connectivity index (χ2n) is 5.61. The van der Waals surface area contributed by atoms with Gasteiger partial charge >= 0.3 is 0 Å². The standard InChI is InChI=1S/C14H27N3O/c1-5-6-8-18-9-7-15-10-13-11-16-17(12-13)14(2,3)4/h11-12,15H,5-10H2,1-4H3. The fourth-order valence-electron chi connectivity index (χ4n) is 1.54. The molecule has 0 saturated heterocycles. The van der Waals surface area contributed by atoms with E-state index < -0.39 is 0 Å². The molecule has 0 aliphatic carbocycles. The third kappa shape index (κ3) is 5.65. The Labute approximate surface area is 111 Å². The molecule has 0 amide bonds. The summed E-state index contributed by atoms with van der Waals surface area (Å²) in [5.41, 5.74) is 1.28. The van der Waals surface area contributed by atoms with Gasteiger partial charge < -0.3 is 10.1 Å². The number of hydrogen-bond acceptors (Lipinski definition) is 3. The quantitative estimate of drug-likeness (QED) is 0.724. The maximum absolute atomic E-state index is 5.49. The van der Waals surface area contributed by atoms with Crippen LogP contribution in [0.1, 0.15) is 46.1 Å². The lowest BCUT2D eigenvalue weighted by atomic mass is 10.1. The van der Waals surface area contributed by atoms with Crippen LogP contribution in [0.25, 0.3) is 0 Å². The lowest BCUT2D eigenvalue weighted by Crippen LogP contribution is -2.22. The van der Waals surface area contributed by atoms with Crippen LogP contribution in [-0.2, 0) is 16.8 Å². The van der Waals surface area contributed by atoms with Gasteiger partial charge in [-0.05, 0) is 27.2 Å². The first-order valence-corrected chi connectivity index (χ1v) is 6.86. The van der Waals surface area contributed by atoms with Gasteiger partial charge in [-0.2, -0.15) is 5.10 Å². The fourth-order valence-corrected chi connectivity index (χ4v) is 1.54. The largest absolute Gasteiger partial charge is 0.380 e. The zero-order valence-corrected chi connectivity index (χ0v) is 12.2. The minimum atomic E-state index is 0.0571. The molecule has 0 aliphatic rings. The molecule has 0 radical (unpaired) electrons. The van der Waals surface area contributed by atoms with E-state index in [2.05, 4.69) is 44.3 Å². The Morgan fingerprint density at radius 3 is 2.72 bits per heavy atom. The van der Waals surface area contributed by atoms with Gasteiger partial charge in [0.15, 0.2) is 0 Å². The molecular formula is C14H27N3O. The first-order chi connectivity index (χ1) is 8.54. The predicted octanol–water partition coefficient (Wildman–Crippen LogP) is 2.54. The van der Waals surface area contributed by atoms with Crippen LogP contribution in [0.4, 0.5) is 0 Å². The molecular weight excluding hydrogens is 226 g/mol. The van der Waals surface area contributed by atoms with Gasteiger partial charge in [0.2, 0.25) is 0 Å². The van der Waals surface area contributed by atoms with E-state index in [4.69, 9.17) is 4.74 Å². The summed E-state index contributed by atoms with van der Waals surface area (Å²) in [7, 11) is 0. The first kappa shape index (κ1) is 15.2. The normalized spacial score (nSPS) is 12.0. The van der Waals surface area contributed by atoms with E-state index >= 15 is 0 Å². The molecule has 1 heterocycles. The molecule has 0 bridgehead atoms. The minimum Gasteiger partial charge on any atom is -0.380 e. The summed E-state index contributed by atoms with van der Waals surface area (Å²) in [6, 6.07) is 0. The van der Waals surface area contributed by atoms with Crippen LogP contribution < -0.4 is 5.32 Å². The monoisotopic (exact) mass is 253 g/mol. The number of nitrogens with one attached hydrogen (secondary N) is 1. The molecule has 1 aromatic heterocycles. The van der Waals surface area contributed by atoms with Gasteiger partial charge in [0.1, 0.15) is 0 Å². The molecule has 18 heavy (non-hydrogen) atoms. The highest BCUT2D eigenvalue weighted by molar-refractivity contribution is 5.04. The van der Waals surface area contributed by atoms with Crippen molar-refractivity contribution in [2.75, 3.05) is 19.8 Å². The maximum atomic E-state index is 5.49. The number of hydrogen-bond donors (Lipinski definition) is 1. The Hall–Kier alpha value is -0.870. The number of aromatic nitrogens is 2. The molecule has 1 N–H and O–H groups in total. The Kier molecular flexibility index (Phi) is 6.36. The second-order valence-corrected chi connectivity index (χ2v) is 5.61. The molecule has 0 aromatic carbocycles. The van der Waals surface area contributed by atoms with Crippen molar-refractivity contribution in [1.29, 1.82) is 0 Å². The van der Waals surface area contributed by atoms with Crippen molar-refractivity contribution in [3.8, 4) is 0 Å². The summed E-state index contributed by atoms with van der Waals surface area (Å²) < 4.78 is 7.49. The third-order valence-electron chi connectivity index (χ3n) is 2.72. The van der Waals surface area contributed by atoms with E-state index in [0.29, 0.717) is 0 Å². The highest BCUT2D eigenvalue weighted by Crippen LogP contribution is 2.12.